The van der Waals surface area contributed by atoms with Crippen LogP contribution in [-0.2, 0) is 38.8 Å². The minimum absolute atomic E-state index is 0.000191. The molecule has 6 unspecified atom stereocenters. The fourth-order valence-corrected chi connectivity index (χ4v) is 11.1. The van der Waals surface area contributed by atoms with Gasteiger partial charge >= 0.3 is 6.09 Å². The number of aliphatic hydroxyl groups is 2. The first-order valence-corrected chi connectivity index (χ1v) is 26.2. The van der Waals surface area contributed by atoms with E-state index in [-0.39, 0.29) is 82.8 Å². The molecule has 0 aromatic heterocycles. The van der Waals surface area contributed by atoms with Gasteiger partial charge in [0.1, 0.15) is 36.5 Å². The fraction of sp³-hybridized carbons (Fsp3) is 0.400. The number of allylic oxidation sites excluding steroid dienone is 1. The van der Waals surface area contributed by atoms with Crippen molar-refractivity contribution < 1.29 is 57.9 Å². The highest BCUT2D eigenvalue weighted by molar-refractivity contribution is 6.03. The van der Waals surface area contributed by atoms with Gasteiger partial charge < -0.3 is 48.2 Å². The monoisotopic (exact) mass is 1040 g/mol. The lowest BCUT2D eigenvalue weighted by atomic mass is 9.55. The van der Waals surface area contributed by atoms with Gasteiger partial charge in [0.05, 0.1) is 36.4 Å². The molecule has 400 valence electrons. The topological polar surface area (TPSA) is 190 Å². The zero-order valence-electron chi connectivity index (χ0n) is 43.2. The molecule has 16 nitrogen and oxygen atoms in total. The maximum Gasteiger partial charge on any atom is 0.410 e. The Labute approximate surface area is 443 Å². The average molecular weight is 1040 g/mol. The van der Waals surface area contributed by atoms with Crippen molar-refractivity contribution in [3.05, 3.63) is 177 Å². The standard InChI is InChI=1S/C60H67N3O13/c1-4-28-73-60-56(62(36-44-19-24-54-55(32-44)72-39-71-54)59(66)70-30-29-69-37-42-12-6-5-7-13-42)35-52(61-74-38-43-17-20-46(21-18-43)63(67)68)50-33-45(14-8-10-26-64)49(15-9-11-27-65)57(58(50)60)51-34-48(23-25-53(51)76-60)75-47-22-16-40(2)41(3)31-47/h4-7,12-13,16-25,31-34,45,49,56-58,64-65H,1,8-11,14-15,26-30,35-39H2,2-3H3. The van der Waals surface area contributed by atoms with Gasteiger partial charge in [-0.1, -0.05) is 72.6 Å². The van der Waals surface area contributed by atoms with Gasteiger partial charge in [-0.2, -0.15) is 0 Å². The highest BCUT2D eigenvalue weighted by Crippen LogP contribution is 2.62. The quantitative estimate of drug-likeness (QED) is 0.0243. The van der Waals surface area contributed by atoms with Gasteiger partial charge in [0.15, 0.2) is 11.5 Å². The number of carbonyl (C=O) groups is 1. The molecule has 76 heavy (non-hydrogen) atoms. The lowest BCUT2D eigenvalue weighted by Gasteiger charge is -2.59. The Hall–Kier alpha value is -7.24. The second kappa shape index (κ2) is 25.1. The van der Waals surface area contributed by atoms with Crippen LogP contribution in [0.5, 0.6) is 28.7 Å². The number of oxime groups is 1. The van der Waals surface area contributed by atoms with E-state index in [9.17, 15) is 20.3 Å². The van der Waals surface area contributed by atoms with Crippen molar-refractivity contribution in [2.45, 2.75) is 96.3 Å². The Kier molecular flexibility index (Phi) is 17.7. The van der Waals surface area contributed by atoms with Gasteiger partial charge in [0.25, 0.3) is 5.69 Å². The number of benzene rings is 5. The van der Waals surface area contributed by atoms with Crippen LogP contribution in [0.4, 0.5) is 10.5 Å². The summed E-state index contributed by atoms with van der Waals surface area (Å²) in [5.41, 5.74) is 6.86. The van der Waals surface area contributed by atoms with Crippen LogP contribution in [0.15, 0.2) is 139 Å². The molecule has 1 fully saturated rings. The number of nitro benzene ring substituents is 1. The van der Waals surface area contributed by atoms with Crippen LogP contribution >= 0.6 is 0 Å². The number of aliphatic hydroxyl groups excluding tert-OH is 2. The second-order valence-corrected chi connectivity index (χ2v) is 19.8. The Morgan fingerprint density at radius 3 is 2.32 bits per heavy atom. The molecule has 0 saturated heterocycles. The van der Waals surface area contributed by atoms with Gasteiger partial charge in [-0.3, -0.25) is 15.0 Å². The molecule has 6 atom stereocenters. The first kappa shape index (κ1) is 53.6. The van der Waals surface area contributed by atoms with Gasteiger partial charge in [-0.15, -0.1) is 6.58 Å². The number of carbonyl (C=O) groups excluding carboxylic acids is 1. The summed E-state index contributed by atoms with van der Waals surface area (Å²) in [6.45, 7) is 8.84. The molecule has 9 rings (SSSR count). The number of unbranched alkanes of at least 4 members (excludes halogenated alkanes) is 2. The molecule has 5 aromatic carbocycles. The predicted octanol–water partition coefficient (Wildman–Crippen LogP) is 11.4. The number of ether oxygens (including phenoxy) is 7. The van der Waals surface area contributed by atoms with E-state index in [4.69, 9.17) is 43.2 Å². The third-order valence-electron chi connectivity index (χ3n) is 14.9. The van der Waals surface area contributed by atoms with Gasteiger partial charge in [0.2, 0.25) is 12.6 Å². The Morgan fingerprint density at radius 1 is 0.829 bits per heavy atom. The van der Waals surface area contributed by atoms with Crippen molar-refractivity contribution in [3.8, 4) is 28.7 Å². The largest absolute Gasteiger partial charge is 0.459 e. The van der Waals surface area contributed by atoms with E-state index < -0.39 is 28.8 Å². The van der Waals surface area contributed by atoms with E-state index >= 15 is 4.79 Å². The smallest absolute Gasteiger partial charge is 0.410 e. The molecule has 16 heteroatoms. The molecule has 5 aromatic rings. The lowest BCUT2D eigenvalue weighted by molar-refractivity contribution is -0.384. The number of amides is 1. The third kappa shape index (κ3) is 12.2. The SMILES string of the molecule is C=CCOC12Oc3ccc(Oc4ccc(C)c(C)c4)cc3C3C(CCCCO)C(CCCCO)C=C(C(=NOCc4ccc([N+](=O)[O-])cc4)CC1N(Cc1ccc4c(c1)OCO4)C(=O)OCCOCc1ccccc1)C32. The lowest BCUT2D eigenvalue weighted by Crippen LogP contribution is -2.70. The van der Waals surface area contributed by atoms with Gasteiger partial charge in [0, 0.05) is 49.8 Å². The molecule has 4 aliphatic rings. The minimum Gasteiger partial charge on any atom is -0.459 e. The Balaban J connectivity index is 1.19. The summed E-state index contributed by atoms with van der Waals surface area (Å²) in [6, 6.07) is 32.4. The normalized spacial score (nSPS) is 21.4. The van der Waals surface area contributed by atoms with Crippen molar-refractivity contribution in [1.82, 2.24) is 4.90 Å². The zero-order chi connectivity index (χ0) is 53.0. The number of nitrogens with zero attached hydrogens (tertiary/aromatic N) is 3. The number of hydrogen-bond donors (Lipinski definition) is 2. The van der Waals surface area contributed by atoms with E-state index in [2.05, 4.69) is 32.6 Å². The van der Waals surface area contributed by atoms with Gasteiger partial charge in [-0.05, 0) is 139 Å². The first-order valence-electron chi connectivity index (χ1n) is 26.2. The first-order chi connectivity index (χ1) is 37.1. The number of aryl methyl sites for hydroxylation is 2. The van der Waals surface area contributed by atoms with Gasteiger partial charge in [-0.25, -0.2) is 4.79 Å². The molecular formula is C60H67N3O13. The van der Waals surface area contributed by atoms with Crippen LogP contribution in [0.1, 0.15) is 84.2 Å². The fourth-order valence-electron chi connectivity index (χ4n) is 11.1. The zero-order valence-corrected chi connectivity index (χ0v) is 43.2. The van der Waals surface area contributed by atoms with Crippen molar-refractivity contribution in [1.29, 1.82) is 0 Å². The number of fused-ring (bicyclic) bond motifs is 3. The Bertz CT molecular complexity index is 2870. The predicted molar refractivity (Wildman–Crippen MR) is 284 cm³/mol. The highest BCUT2D eigenvalue weighted by atomic mass is 16.7. The van der Waals surface area contributed by atoms with E-state index in [1.54, 1.807) is 23.1 Å². The molecule has 0 spiro atoms. The molecule has 1 amide bonds. The van der Waals surface area contributed by atoms with Crippen LogP contribution in [0.25, 0.3) is 0 Å². The second-order valence-electron chi connectivity index (χ2n) is 19.8. The summed E-state index contributed by atoms with van der Waals surface area (Å²) in [5, 5.41) is 36.7. The summed E-state index contributed by atoms with van der Waals surface area (Å²) >= 11 is 0. The van der Waals surface area contributed by atoms with E-state index in [0.717, 1.165) is 59.1 Å². The third-order valence-corrected chi connectivity index (χ3v) is 14.9. The summed E-state index contributed by atoms with van der Waals surface area (Å²) in [4.78, 5) is 34.2. The van der Waals surface area contributed by atoms with Crippen molar-refractivity contribution in [2.75, 3.05) is 39.8 Å². The number of non-ortho nitro benzene ring substituents is 1. The van der Waals surface area contributed by atoms with Crippen LogP contribution < -0.4 is 18.9 Å². The molecule has 2 aliphatic heterocycles. The molecular weight excluding hydrogens is 971 g/mol. The van der Waals surface area contributed by atoms with E-state index in [0.29, 0.717) is 59.5 Å². The van der Waals surface area contributed by atoms with Crippen molar-refractivity contribution >= 4 is 17.5 Å². The number of rotatable bonds is 25. The summed E-state index contributed by atoms with van der Waals surface area (Å²) in [6.07, 6.45) is 7.56. The average Bonchev–Trinajstić information content (AvgIpc) is 3.99. The molecule has 2 aliphatic carbocycles. The molecule has 0 radical (unpaired) electrons. The van der Waals surface area contributed by atoms with Crippen LogP contribution in [0, 0.1) is 41.7 Å². The molecule has 2 N–H and O–H groups in total. The maximum absolute atomic E-state index is 15.2. The van der Waals surface area contributed by atoms with Crippen LogP contribution in [0.3, 0.4) is 0 Å². The van der Waals surface area contributed by atoms with Crippen LogP contribution in [-0.4, -0.2) is 83.5 Å². The molecule has 1 saturated carbocycles. The molecule has 2 heterocycles. The number of nitro groups is 1. The van der Waals surface area contributed by atoms with E-state index in [1.165, 1.54) is 12.1 Å². The minimum atomic E-state index is -1.60. The number of hydrogen-bond acceptors (Lipinski definition) is 14. The van der Waals surface area contributed by atoms with E-state index in [1.807, 2.05) is 78.9 Å². The van der Waals surface area contributed by atoms with Crippen LogP contribution in [0.2, 0.25) is 0 Å². The molecule has 0 bridgehead atoms. The Morgan fingerprint density at radius 2 is 1.55 bits per heavy atom. The highest BCUT2D eigenvalue weighted by Gasteiger charge is 2.66. The summed E-state index contributed by atoms with van der Waals surface area (Å²) in [7, 11) is 0. The summed E-state index contributed by atoms with van der Waals surface area (Å²) in [5.74, 6) is 0.334. The van der Waals surface area contributed by atoms with Crippen molar-refractivity contribution in [3.63, 3.8) is 0 Å². The maximum atomic E-state index is 15.2. The summed E-state index contributed by atoms with van der Waals surface area (Å²) < 4.78 is 45.0. The van der Waals surface area contributed by atoms with Crippen molar-refractivity contribution in [2.24, 2.45) is 22.9 Å².